The number of hydrogen-bond acceptors (Lipinski definition) is 12. The van der Waals surface area contributed by atoms with Gasteiger partial charge in [0.2, 0.25) is 0 Å². The van der Waals surface area contributed by atoms with Crippen molar-refractivity contribution in [1.82, 2.24) is 15.3 Å². The zero-order chi connectivity index (χ0) is 22.3. The Bertz CT molecular complexity index is 1450. The van der Waals surface area contributed by atoms with Crippen LogP contribution in [0.5, 0.6) is 0 Å². The fourth-order valence-electron chi connectivity index (χ4n) is 3.56. The Morgan fingerprint density at radius 1 is 0.871 bits per heavy atom. The van der Waals surface area contributed by atoms with Crippen molar-refractivity contribution in [3.8, 4) is 36.4 Å². The smallest absolute Gasteiger partial charge is 0.177 e. The number of rotatable bonds is 0. The largest absolute Gasteiger partial charge is 0.361 e. The average Bonchev–Trinajstić information content (AvgIpc) is 2.81. The Morgan fingerprint density at radius 3 is 2.13 bits per heavy atom. The normalized spacial score (nSPS) is 24.9. The van der Waals surface area contributed by atoms with Gasteiger partial charge in [0.25, 0.3) is 0 Å². The van der Waals surface area contributed by atoms with E-state index in [1.54, 1.807) is 19.1 Å². The first kappa shape index (κ1) is 18.9. The van der Waals surface area contributed by atoms with E-state index in [1.807, 2.05) is 24.3 Å². The van der Waals surface area contributed by atoms with Crippen molar-refractivity contribution in [2.75, 3.05) is 0 Å². The van der Waals surface area contributed by atoms with Gasteiger partial charge in [0.15, 0.2) is 34.6 Å². The molecule has 0 saturated heterocycles. The summed E-state index contributed by atoms with van der Waals surface area (Å²) in [4.78, 5) is 21.5. The van der Waals surface area contributed by atoms with Gasteiger partial charge >= 0.3 is 0 Å². The molecule has 12 nitrogen and oxygen atoms in total. The van der Waals surface area contributed by atoms with Crippen LogP contribution in [0.1, 0.15) is 35.7 Å². The number of hydrogen-bond donors (Lipinski definition) is 1. The van der Waals surface area contributed by atoms with E-state index in [-0.39, 0.29) is 51.3 Å². The number of nitriles is 6. The van der Waals surface area contributed by atoms with Crippen LogP contribution in [0.15, 0.2) is 20.7 Å². The summed E-state index contributed by atoms with van der Waals surface area (Å²) in [7, 11) is 0. The molecule has 3 atom stereocenters. The van der Waals surface area contributed by atoms with Crippen molar-refractivity contribution in [2.45, 2.75) is 24.5 Å². The molecule has 1 aliphatic carbocycles. The molecule has 1 N–H and O–H groups in total. The molecule has 3 aliphatic rings. The second kappa shape index (κ2) is 6.57. The van der Waals surface area contributed by atoms with Crippen LogP contribution >= 0.6 is 0 Å². The molecule has 3 heterocycles. The number of aromatic nitrogens is 2. The van der Waals surface area contributed by atoms with Crippen LogP contribution < -0.4 is 5.32 Å². The van der Waals surface area contributed by atoms with Crippen LogP contribution in [0.2, 0.25) is 0 Å². The summed E-state index contributed by atoms with van der Waals surface area (Å²) in [6.07, 6.45) is 0. The van der Waals surface area contributed by atoms with E-state index in [0.717, 1.165) is 0 Å². The maximum atomic E-state index is 9.43. The average molecular weight is 402 g/mol. The molecule has 0 spiro atoms. The Hall–Kier alpha value is -5.43. The summed E-state index contributed by atoms with van der Waals surface area (Å²) in [5.41, 5.74) is -1.89. The van der Waals surface area contributed by atoms with E-state index in [2.05, 4.69) is 30.3 Å². The molecular formula is C19H6N12. The molecule has 0 saturated carbocycles. The highest BCUT2D eigenvalue weighted by molar-refractivity contribution is 6.53. The quantitative estimate of drug-likeness (QED) is 0.621. The lowest BCUT2D eigenvalue weighted by Gasteiger charge is -2.41. The van der Waals surface area contributed by atoms with Gasteiger partial charge in [0.1, 0.15) is 47.6 Å². The Labute approximate surface area is 174 Å². The first-order valence-electron chi connectivity index (χ1n) is 8.56. The highest BCUT2D eigenvalue weighted by Gasteiger charge is 2.52. The van der Waals surface area contributed by atoms with E-state index in [9.17, 15) is 31.6 Å². The van der Waals surface area contributed by atoms with Gasteiger partial charge in [-0.25, -0.2) is 15.0 Å². The zero-order valence-corrected chi connectivity index (χ0v) is 15.6. The van der Waals surface area contributed by atoms with Crippen LogP contribution in [-0.2, 0) is 0 Å². The van der Waals surface area contributed by atoms with Gasteiger partial charge in [-0.3, -0.25) is 9.98 Å². The van der Waals surface area contributed by atoms with Gasteiger partial charge in [-0.15, -0.1) is 0 Å². The SMILES string of the molecule is CC12N=C(C#N)C(C#N)=NC1c1nc(C#N)c(C#N)nc1C1=C2N=C(C#N)C(C#N)N1. The van der Waals surface area contributed by atoms with E-state index >= 15 is 0 Å². The molecule has 0 aromatic carbocycles. The van der Waals surface area contributed by atoms with Crippen molar-refractivity contribution in [1.29, 1.82) is 31.6 Å². The molecule has 1 aromatic rings. The highest BCUT2D eigenvalue weighted by atomic mass is 15.1. The summed E-state index contributed by atoms with van der Waals surface area (Å²) in [5, 5.41) is 59.3. The first-order valence-corrected chi connectivity index (χ1v) is 8.56. The molecule has 0 fully saturated rings. The number of nitrogens with zero attached hydrogens (tertiary/aromatic N) is 11. The van der Waals surface area contributed by atoms with Crippen LogP contribution in [0.3, 0.4) is 0 Å². The standard InChI is InChI=1S/C19H6N12/c1-19-17-15(28-10(4-22)11(5-23)29-17)14-16(27-9(3-21)8(2-20)26-14)18(19)30-12(6-24)13(7-25)31-19/h10,18,28H,1H3. The molecule has 0 bridgehead atoms. The third kappa shape index (κ3) is 2.44. The third-order valence-electron chi connectivity index (χ3n) is 4.96. The first-order chi connectivity index (χ1) is 14.9. The minimum absolute atomic E-state index is 0.102. The summed E-state index contributed by atoms with van der Waals surface area (Å²) >= 11 is 0. The summed E-state index contributed by atoms with van der Waals surface area (Å²) in [6.45, 7) is 1.59. The van der Waals surface area contributed by atoms with E-state index in [4.69, 9.17) is 0 Å². The molecule has 4 rings (SSSR count). The van der Waals surface area contributed by atoms with Crippen LogP contribution in [0.4, 0.5) is 0 Å². The number of aliphatic imine (C=N–C) groups is 3. The molecular weight excluding hydrogens is 396 g/mol. The third-order valence-corrected chi connectivity index (χ3v) is 4.96. The topological polar surface area (TPSA) is 218 Å². The molecule has 2 aliphatic heterocycles. The molecule has 1 aromatic heterocycles. The summed E-state index contributed by atoms with van der Waals surface area (Å²) in [5.74, 6) is 0. The second-order valence-electron chi connectivity index (χ2n) is 6.63. The fraction of sp³-hybridized carbons (Fsp3) is 0.211. The fourth-order valence-corrected chi connectivity index (χ4v) is 3.56. The van der Waals surface area contributed by atoms with Crippen LogP contribution in [-0.4, -0.2) is 38.7 Å². The lowest BCUT2D eigenvalue weighted by atomic mass is 9.78. The monoisotopic (exact) mass is 402 g/mol. The molecule has 142 valence electrons. The molecule has 0 amide bonds. The van der Waals surface area contributed by atoms with E-state index < -0.39 is 17.6 Å². The lowest BCUT2D eigenvalue weighted by Crippen LogP contribution is -2.48. The summed E-state index contributed by atoms with van der Waals surface area (Å²) in [6, 6.07) is 8.91. The van der Waals surface area contributed by atoms with Crippen LogP contribution in [0.25, 0.3) is 5.70 Å². The summed E-state index contributed by atoms with van der Waals surface area (Å²) < 4.78 is 0. The maximum Gasteiger partial charge on any atom is 0.177 e. The second-order valence-corrected chi connectivity index (χ2v) is 6.63. The number of fused-ring (bicyclic) bond motifs is 5. The minimum Gasteiger partial charge on any atom is -0.361 e. The van der Waals surface area contributed by atoms with Crippen LogP contribution in [0, 0.1) is 68.0 Å². The zero-order valence-electron chi connectivity index (χ0n) is 15.6. The molecule has 3 unspecified atom stereocenters. The van der Waals surface area contributed by atoms with Crippen molar-refractivity contribution in [3.05, 3.63) is 28.5 Å². The van der Waals surface area contributed by atoms with E-state index in [0.29, 0.717) is 0 Å². The van der Waals surface area contributed by atoms with Gasteiger partial charge in [-0.1, -0.05) is 0 Å². The Kier molecular flexibility index (Phi) is 4.01. The number of nitrogens with one attached hydrogen (secondary N) is 1. The Morgan fingerprint density at radius 2 is 1.55 bits per heavy atom. The molecule has 0 radical (unpaired) electrons. The van der Waals surface area contributed by atoms with Gasteiger partial charge in [-0.2, -0.15) is 31.6 Å². The predicted molar refractivity (Wildman–Crippen MR) is 101 cm³/mol. The van der Waals surface area contributed by atoms with E-state index in [1.165, 1.54) is 0 Å². The molecule has 31 heavy (non-hydrogen) atoms. The molecule has 12 heteroatoms. The minimum atomic E-state index is -1.39. The highest BCUT2D eigenvalue weighted by Crippen LogP contribution is 2.49. The predicted octanol–water partition coefficient (Wildman–Crippen LogP) is 0.105. The van der Waals surface area contributed by atoms with Crippen molar-refractivity contribution in [2.24, 2.45) is 15.0 Å². The van der Waals surface area contributed by atoms with Gasteiger partial charge in [0.05, 0.1) is 23.2 Å². The van der Waals surface area contributed by atoms with Crippen molar-refractivity contribution < 1.29 is 0 Å². The lowest BCUT2D eigenvalue weighted by molar-refractivity contribution is 0.422. The maximum absolute atomic E-state index is 9.43. The van der Waals surface area contributed by atoms with Crippen molar-refractivity contribution in [3.63, 3.8) is 0 Å². The Balaban J connectivity index is 2.14. The van der Waals surface area contributed by atoms with Gasteiger partial charge < -0.3 is 5.32 Å². The van der Waals surface area contributed by atoms with Gasteiger partial charge in [0, 0.05) is 0 Å². The van der Waals surface area contributed by atoms with Gasteiger partial charge in [-0.05, 0) is 6.92 Å². The van der Waals surface area contributed by atoms with Crippen molar-refractivity contribution >= 4 is 22.8 Å².